The van der Waals surface area contributed by atoms with E-state index in [0.29, 0.717) is 11.8 Å². The van der Waals surface area contributed by atoms with Crippen LogP contribution in [0.2, 0.25) is 0 Å². The molecule has 0 aliphatic heterocycles. The molecule has 0 saturated carbocycles. The third kappa shape index (κ3) is 4.41. The fourth-order valence-corrected chi connectivity index (χ4v) is 2.12. The van der Waals surface area contributed by atoms with Crippen molar-refractivity contribution in [3.63, 3.8) is 0 Å². The van der Waals surface area contributed by atoms with Gasteiger partial charge in [-0.15, -0.1) is 6.58 Å². The zero-order chi connectivity index (χ0) is 15.9. The number of rotatable bonds is 7. The van der Waals surface area contributed by atoms with Crippen LogP contribution in [-0.4, -0.2) is 26.8 Å². The molecule has 1 heterocycles. The Bertz CT molecular complexity index is 775. The molecule has 3 aromatic rings. The van der Waals surface area contributed by atoms with Crippen LogP contribution in [0.5, 0.6) is 11.8 Å². The summed E-state index contributed by atoms with van der Waals surface area (Å²) in [6.07, 6.45) is 1.83. The van der Waals surface area contributed by atoms with E-state index in [0.717, 1.165) is 24.3 Å². The molecule has 1 aromatic heterocycles. The molecule has 3 rings (SSSR count). The molecule has 0 aliphatic carbocycles. The summed E-state index contributed by atoms with van der Waals surface area (Å²) in [6.45, 7) is 5.19. The van der Waals surface area contributed by atoms with E-state index in [-0.39, 0.29) is 12.4 Å². The number of ether oxygens (including phenoxy) is 1. The van der Waals surface area contributed by atoms with Gasteiger partial charge in [0.25, 0.3) is 0 Å². The van der Waals surface area contributed by atoms with Crippen LogP contribution in [0.1, 0.15) is 5.56 Å². The highest BCUT2D eigenvalue weighted by Crippen LogP contribution is 2.21. The summed E-state index contributed by atoms with van der Waals surface area (Å²) in [7, 11) is 0. The van der Waals surface area contributed by atoms with Crippen LogP contribution in [0.25, 0.3) is 5.69 Å². The molecule has 0 fully saturated rings. The van der Waals surface area contributed by atoms with Crippen molar-refractivity contribution in [1.82, 2.24) is 25.5 Å². The van der Waals surface area contributed by atoms with Crippen molar-refractivity contribution in [1.29, 1.82) is 0 Å². The number of hydrogen-bond acceptors (Lipinski definition) is 5. The fraction of sp³-hybridized carbons (Fsp3) is 0.118. The van der Waals surface area contributed by atoms with Crippen LogP contribution in [0.3, 0.4) is 0 Å². The van der Waals surface area contributed by atoms with Crippen LogP contribution >= 0.6 is 0 Å². The fourth-order valence-electron chi connectivity index (χ4n) is 2.12. The highest BCUT2D eigenvalue weighted by atomic mass is 35.5. The maximum absolute atomic E-state index is 5.83. The van der Waals surface area contributed by atoms with Gasteiger partial charge in [0.15, 0.2) is 0 Å². The van der Waals surface area contributed by atoms with Crippen LogP contribution in [0.15, 0.2) is 67.3 Å². The predicted octanol–water partition coefficient (Wildman–Crippen LogP) is -0.266. The summed E-state index contributed by atoms with van der Waals surface area (Å²) < 4.78 is 7.39. The molecular weight excluding hydrogens is 326 g/mol. The Kier molecular flexibility index (Phi) is 6.48. The van der Waals surface area contributed by atoms with E-state index in [2.05, 4.69) is 27.4 Å². The van der Waals surface area contributed by atoms with Crippen LogP contribution < -0.4 is 22.5 Å². The zero-order valence-corrected chi connectivity index (χ0v) is 13.7. The minimum absolute atomic E-state index is 0. The average Bonchev–Trinajstić information content (AvgIpc) is 3.04. The Morgan fingerprint density at radius 3 is 2.75 bits per heavy atom. The number of para-hydroxylation sites is 1. The van der Waals surface area contributed by atoms with Crippen molar-refractivity contribution in [2.45, 2.75) is 6.54 Å². The number of benzene rings is 2. The van der Waals surface area contributed by atoms with E-state index in [4.69, 9.17) is 4.74 Å². The van der Waals surface area contributed by atoms with Crippen molar-refractivity contribution in [3.05, 3.63) is 72.8 Å². The molecule has 0 bridgehead atoms. The summed E-state index contributed by atoms with van der Waals surface area (Å²) in [6, 6.07) is 17.7. The SMILES string of the molecule is C=CCNCc1cccc(Oc2nnnn2-c2ccccc2)c1.[Cl-]. The van der Waals surface area contributed by atoms with Gasteiger partial charge in [-0.25, -0.2) is 0 Å². The molecule has 0 radical (unpaired) electrons. The third-order valence-corrected chi connectivity index (χ3v) is 3.17. The monoisotopic (exact) mass is 342 g/mol. The van der Waals surface area contributed by atoms with Gasteiger partial charge in [-0.3, -0.25) is 0 Å². The first-order valence-electron chi connectivity index (χ1n) is 7.29. The highest BCUT2D eigenvalue weighted by Gasteiger charge is 2.10. The molecule has 0 saturated heterocycles. The Hall–Kier alpha value is -2.70. The second-order valence-electron chi connectivity index (χ2n) is 4.88. The van der Waals surface area contributed by atoms with Crippen molar-refractivity contribution >= 4 is 0 Å². The summed E-state index contributed by atoms with van der Waals surface area (Å²) >= 11 is 0. The van der Waals surface area contributed by atoms with E-state index in [1.807, 2.05) is 60.7 Å². The Balaban J connectivity index is 0.00000208. The lowest BCUT2D eigenvalue weighted by atomic mass is 10.2. The van der Waals surface area contributed by atoms with Gasteiger partial charge in [0.1, 0.15) is 5.75 Å². The average molecular weight is 343 g/mol. The first kappa shape index (κ1) is 17.7. The molecule has 0 spiro atoms. The Morgan fingerprint density at radius 1 is 1.12 bits per heavy atom. The molecule has 124 valence electrons. The molecule has 1 N–H and O–H groups in total. The van der Waals surface area contributed by atoms with Gasteiger partial charge in [0.05, 0.1) is 5.69 Å². The number of halogens is 1. The topological polar surface area (TPSA) is 64.9 Å². The first-order valence-corrected chi connectivity index (χ1v) is 7.29. The molecular formula is C17H17ClN5O-. The summed E-state index contributed by atoms with van der Waals surface area (Å²) in [4.78, 5) is 0. The van der Waals surface area contributed by atoms with Crippen molar-refractivity contribution < 1.29 is 17.1 Å². The lowest BCUT2D eigenvalue weighted by Gasteiger charge is -2.08. The molecule has 0 atom stereocenters. The van der Waals surface area contributed by atoms with Crippen LogP contribution in [0.4, 0.5) is 0 Å². The van der Waals surface area contributed by atoms with E-state index in [1.165, 1.54) is 0 Å². The predicted molar refractivity (Wildman–Crippen MR) is 87.6 cm³/mol. The Morgan fingerprint density at radius 2 is 1.96 bits per heavy atom. The smallest absolute Gasteiger partial charge is 0.345 e. The number of hydrogen-bond donors (Lipinski definition) is 1. The van der Waals surface area contributed by atoms with Gasteiger partial charge in [0.2, 0.25) is 0 Å². The molecule has 6 nitrogen and oxygen atoms in total. The van der Waals surface area contributed by atoms with Gasteiger partial charge in [-0.2, -0.15) is 4.68 Å². The van der Waals surface area contributed by atoms with Crippen molar-refractivity contribution in [2.75, 3.05) is 6.54 Å². The first-order chi connectivity index (χ1) is 11.4. The molecule has 24 heavy (non-hydrogen) atoms. The number of nitrogens with one attached hydrogen (secondary N) is 1. The minimum atomic E-state index is 0. The van der Waals surface area contributed by atoms with Gasteiger partial charge in [0, 0.05) is 13.1 Å². The molecule has 0 aliphatic rings. The van der Waals surface area contributed by atoms with Crippen LogP contribution in [0, 0.1) is 0 Å². The number of aromatic nitrogens is 4. The van der Waals surface area contributed by atoms with Crippen LogP contribution in [-0.2, 0) is 6.54 Å². The Labute approximate surface area is 146 Å². The highest BCUT2D eigenvalue weighted by molar-refractivity contribution is 5.34. The normalized spacial score (nSPS) is 10.0. The van der Waals surface area contributed by atoms with Gasteiger partial charge in [-0.1, -0.05) is 41.5 Å². The van der Waals surface area contributed by atoms with E-state index in [1.54, 1.807) is 4.68 Å². The van der Waals surface area contributed by atoms with Gasteiger partial charge >= 0.3 is 6.01 Å². The minimum Gasteiger partial charge on any atom is -1.00 e. The summed E-state index contributed by atoms with van der Waals surface area (Å²) in [5, 5.41) is 14.9. The van der Waals surface area contributed by atoms with E-state index >= 15 is 0 Å². The zero-order valence-electron chi connectivity index (χ0n) is 13.0. The second-order valence-corrected chi connectivity index (χ2v) is 4.88. The van der Waals surface area contributed by atoms with Gasteiger partial charge in [-0.05, 0) is 40.3 Å². The summed E-state index contributed by atoms with van der Waals surface area (Å²) in [5.41, 5.74) is 1.96. The second kappa shape index (κ2) is 8.81. The standard InChI is InChI=1S/C17H17N5O.ClH/c1-2-11-18-13-14-7-6-10-16(12-14)23-17-19-20-21-22(17)15-8-4-3-5-9-15;/h2-10,12,18H,1,11,13H2;1H/p-1. The lowest BCUT2D eigenvalue weighted by molar-refractivity contribution is -0.00000546. The molecule has 2 aromatic carbocycles. The maximum atomic E-state index is 5.83. The molecule has 0 amide bonds. The number of tetrazole rings is 1. The maximum Gasteiger partial charge on any atom is 0.345 e. The van der Waals surface area contributed by atoms with E-state index < -0.39 is 0 Å². The molecule has 7 heteroatoms. The quantitative estimate of drug-likeness (QED) is 0.473. The van der Waals surface area contributed by atoms with Gasteiger partial charge < -0.3 is 22.5 Å². The van der Waals surface area contributed by atoms with E-state index in [9.17, 15) is 0 Å². The molecule has 0 unspecified atom stereocenters. The third-order valence-electron chi connectivity index (χ3n) is 3.17. The lowest BCUT2D eigenvalue weighted by Crippen LogP contribution is -3.00. The number of nitrogens with zero attached hydrogens (tertiary/aromatic N) is 4. The van der Waals surface area contributed by atoms with Crippen molar-refractivity contribution in [2.24, 2.45) is 0 Å². The largest absolute Gasteiger partial charge is 1.00 e. The van der Waals surface area contributed by atoms with Crippen molar-refractivity contribution in [3.8, 4) is 17.4 Å². The summed E-state index contributed by atoms with van der Waals surface area (Å²) in [5.74, 6) is 0.690.